The van der Waals surface area contributed by atoms with E-state index in [2.05, 4.69) is 43.8 Å². The van der Waals surface area contributed by atoms with Gasteiger partial charge in [0, 0.05) is 26.0 Å². The zero-order valence-corrected chi connectivity index (χ0v) is 15.8. The van der Waals surface area contributed by atoms with E-state index in [4.69, 9.17) is 21.4 Å². The van der Waals surface area contributed by atoms with Crippen molar-refractivity contribution in [1.82, 2.24) is 5.32 Å². The van der Waals surface area contributed by atoms with E-state index >= 15 is 0 Å². The summed E-state index contributed by atoms with van der Waals surface area (Å²) in [5.41, 5.74) is 1.99. The van der Waals surface area contributed by atoms with Crippen LogP contribution < -0.4 is 5.32 Å². The molecule has 0 aliphatic heterocycles. The molecular formula is C14H16BrClINO3. The number of hydrogen-bond donors (Lipinski definition) is 2. The van der Waals surface area contributed by atoms with Crippen LogP contribution in [0.4, 0.5) is 4.79 Å². The van der Waals surface area contributed by atoms with Crippen LogP contribution >= 0.6 is 50.1 Å². The summed E-state index contributed by atoms with van der Waals surface area (Å²) in [6.07, 6.45) is 1.92. The SMILES string of the molecule is O=C(O)NCCOC1(CI)CCCc2cc(Cl)cc(Br)c21. The van der Waals surface area contributed by atoms with Crippen LogP contribution in [0.5, 0.6) is 0 Å². The minimum Gasteiger partial charge on any atom is -0.465 e. The van der Waals surface area contributed by atoms with E-state index in [1.807, 2.05) is 12.1 Å². The van der Waals surface area contributed by atoms with Crippen molar-refractivity contribution in [1.29, 1.82) is 0 Å². The first-order chi connectivity index (χ1) is 9.98. The molecule has 21 heavy (non-hydrogen) atoms. The van der Waals surface area contributed by atoms with Crippen LogP contribution in [0.25, 0.3) is 0 Å². The van der Waals surface area contributed by atoms with Gasteiger partial charge in [-0.3, -0.25) is 0 Å². The van der Waals surface area contributed by atoms with Crippen molar-refractivity contribution < 1.29 is 14.6 Å². The Morgan fingerprint density at radius 2 is 2.33 bits per heavy atom. The van der Waals surface area contributed by atoms with Gasteiger partial charge in [0.25, 0.3) is 0 Å². The number of carboxylic acid groups (broad SMARTS) is 1. The predicted molar refractivity (Wildman–Crippen MR) is 94.6 cm³/mol. The summed E-state index contributed by atoms with van der Waals surface area (Å²) in [5.74, 6) is 0. The summed E-state index contributed by atoms with van der Waals surface area (Å²) in [7, 11) is 0. The molecule has 0 radical (unpaired) electrons. The van der Waals surface area contributed by atoms with Gasteiger partial charge in [0.2, 0.25) is 0 Å². The number of alkyl halides is 1. The maximum atomic E-state index is 10.5. The molecule has 1 aromatic rings. The van der Waals surface area contributed by atoms with E-state index in [1.165, 1.54) is 5.56 Å². The molecule has 116 valence electrons. The summed E-state index contributed by atoms with van der Waals surface area (Å²) < 4.78 is 7.89. The molecule has 0 aromatic heterocycles. The van der Waals surface area contributed by atoms with Crippen LogP contribution in [0, 0.1) is 0 Å². The molecule has 0 bridgehead atoms. The third kappa shape index (κ3) is 4.03. The highest BCUT2D eigenvalue weighted by molar-refractivity contribution is 14.1. The number of nitrogens with one attached hydrogen (secondary N) is 1. The fourth-order valence-corrected chi connectivity index (χ4v) is 4.96. The maximum absolute atomic E-state index is 10.5. The average Bonchev–Trinajstić information content (AvgIpc) is 2.42. The van der Waals surface area contributed by atoms with E-state index in [0.717, 1.165) is 38.7 Å². The zero-order valence-electron chi connectivity index (χ0n) is 11.3. The Balaban J connectivity index is 2.23. The van der Waals surface area contributed by atoms with Gasteiger partial charge < -0.3 is 15.2 Å². The Kier molecular flexibility index (Phi) is 6.16. The molecule has 2 N–H and O–H groups in total. The fourth-order valence-electron chi connectivity index (χ4n) is 2.74. The van der Waals surface area contributed by atoms with Gasteiger partial charge in [0.1, 0.15) is 5.60 Å². The molecule has 0 heterocycles. The smallest absolute Gasteiger partial charge is 0.404 e. The number of amides is 1. The summed E-state index contributed by atoms with van der Waals surface area (Å²) in [6, 6.07) is 3.90. The standard InChI is InChI=1S/C14H16BrClINO3/c15-11-7-10(16)6-9-2-1-3-14(8-17,12(9)11)21-5-4-18-13(19)20/h6-7,18H,1-5,8H2,(H,19,20). The van der Waals surface area contributed by atoms with Gasteiger partial charge in [-0.2, -0.15) is 0 Å². The molecule has 0 fully saturated rings. The van der Waals surface area contributed by atoms with E-state index in [9.17, 15) is 4.79 Å². The van der Waals surface area contributed by atoms with Crippen molar-refractivity contribution in [2.24, 2.45) is 0 Å². The highest BCUT2D eigenvalue weighted by Crippen LogP contribution is 2.44. The summed E-state index contributed by atoms with van der Waals surface area (Å²) in [5, 5.41) is 11.7. The van der Waals surface area contributed by atoms with Gasteiger partial charge in [-0.25, -0.2) is 4.79 Å². The minimum absolute atomic E-state index is 0.286. The number of halogens is 3. The van der Waals surface area contributed by atoms with Crippen LogP contribution in [0.3, 0.4) is 0 Å². The molecule has 1 aliphatic carbocycles. The molecule has 1 unspecified atom stereocenters. The zero-order chi connectivity index (χ0) is 15.5. The first kappa shape index (κ1) is 17.3. The molecule has 0 spiro atoms. The molecule has 1 aliphatic rings. The Hall–Kier alpha value is -0.0500. The molecule has 2 rings (SSSR count). The first-order valence-electron chi connectivity index (χ1n) is 6.63. The van der Waals surface area contributed by atoms with Crippen molar-refractivity contribution in [2.45, 2.75) is 24.9 Å². The number of rotatable bonds is 5. The van der Waals surface area contributed by atoms with Gasteiger partial charge in [-0.1, -0.05) is 50.1 Å². The predicted octanol–water partition coefficient (Wildman–Crippen LogP) is 4.35. The van der Waals surface area contributed by atoms with E-state index in [0.29, 0.717) is 6.61 Å². The van der Waals surface area contributed by atoms with Crippen LogP contribution in [-0.4, -0.2) is 28.8 Å². The maximum Gasteiger partial charge on any atom is 0.404 e. The topological polar surface area (TPSA) is 58.6 Å². The fraction of sp³-hybridized carbons (Fsp3) is 0.500. The first-order valence-corrected chi connectivity index (χ1v) is 9.33. The van der Waals surface area contributed by atoms with Gasteiger partial charge >= 0.3 is 6.09 Å². The Morgan fingerprint density at radius 3 is 3.00 bits per heavy atom. The number of ether oxygens (including phenoxy) is 1. The summed E-state index contributed by atoms with van der Waals surface area (Å²) >= 11 is 12.1. The number of fused-ring (bicyclic) bond motifs is 1. The third-order valence-electron chi connectivity index (χ3n) is 3.59. The molecule has 7 heteroatoms. The van der Waals surface area contributed by atoms with Gasteiger partial charge in [-0.05, 0) is 37.0 Å². The van der Waals surface area contributed by atoms with E-state index < -0.39 is 6.09 Å². The molecule has 1 amide bonds. The Labute approximate surface area is 150 Å². The van der Waals surface area contributed by atoms with Crippen molar-refractivity contribution in [2.75, 3.05) is 17.6 Å². The number of benzene rings is 1. The minimum atomic E-state index is -1.03. The van der Waals surface area contributed by atoms with Crippen LogP contribution in [0.15, 0.2) is 16.6 Å². The summed E-state index contributed by atoms with van der Waals surface area (Å²) in [6.45, 7) is 0.637. The molecule has 1 aromatic carbocycles. The molecule has 4 nitrogen and oxygen atoms in total. The van der Waals surface area contributed by atoms with Crippen molar-refractivity contribution in [3.05, 3.63) is 32.8 Å². The van der Waals surface area contributed by atoms with Gasteiger partial charge in [-0.15, -0.1) is 0 Å². The molecule has 1 atom stereocenters. The highest BCUT2D eigenvalue weighted by Gasteiger charge is 2.38. The number of hydrogen-bond acceptors (Lipinski definition) is 2. The van der Waals surface area contributed by atoms with Crippen molar-refractivity contribution in [3.63, 3.8) is 0 Å². The monoisotopic (exact) mass is 487 g/mol. The lowest BCUT2D eigenvalue weighted by Crippen LogP contribution is -2.38. The summed E-state index contributed by atoms with van der Waals surface area (Å²) in [4.78, 5) is 10.5. The average molecular weight is 489 g/mol. The quantitative estimate of drug-likeness (QED) is 0.368. The third-order valence-corrected chi connectivity index (χ3v) is 5.67. The highest BCUT2D eigenvalue weighted by atomic mass is 127. The van der Waals surface area contributed by atoms with Crippen LogP contribution in [0.2, 0.25) is 5.02 Å². The Bertz CT molecular complexity index is 543. The lowest BCUT2D eigenvalue weighted by Gasteiger charge is -2.39. The van der Waals surface area contributed by atoms with Crippen LogP contribution in [-0.2, 0) is 16.8 Å². The van der Waals surface area contributed by atoms with Crippen molar-refractivity contribution >= 4 is 56.2 Å². The van der Waals surface area contributed by atoms with Crippen LogP contribution in [0.1, 0.15) is 24.0 Å². The molecule has 0 saturated heterocycles. The number of carbonyl (C=O) groups is 1. The molecular weight excluding hydrogens is 472 g/mol. The number of aryl methyl sites for hydroxylation is 1. The lowest BCUT2D eigenvalue weighted by molar-refractivity contribution is -0.0406. The Morgan fingerprint density at radius 1 is 1.57 bits per heavy atom. The molecule has 0 saturated carbocycles. The lowest BCUT2D eigenvalue weighted by atomic mass is 9.80. The second kappa shape index (κ2) is 7.48. The second-order valence-electron chi connectivity index (χ2n) is 4.98. The van der Waals surface area contributed by atoms with E-state index in [1.54, 1.807) is 0 Å². The second-order valence-corrected chi connectivity index (χ2v) is 7.04. The van der Waals surface area contributed by atoms with E-state index in [-0.39, 0.29) is 12.1 Å². The largest absolute Gasteiger partial charge is 0.465 e. The normalized spacial score (nSPS) is 20.9. The van der Waals surface area contributed by atoms with Gasteiger partial charge in [0.15, 0.2) is 0 Å². The van der Waals surface area contributed by atoms with Gasteiger partial charge in [0.05, 0.1) is 6.61 Å². The van der Waals surface area contributed by atoms with Crippen molar-refractivity contribution in [3.8, 4) is 0 Å².